The zero-order valence-electron chi connectivity index (χ0n) is 11.7. The first-order valence-electron chi connectivity index (χ1n) is 6.53. The molecule has 0 spiro atoms. The average Bonchev–Trinajstić information content (AvgIpc) is 2.53. The molecule has 2 aromatic carbocycles. The Kier molecular flexibility index (Phi) is 5.20. The van der Waals surface area contributed by atoms with Gasteiger partial charge < -0.3 is 15.8 Å². The maximum atomic E-state index is 12.1. The molecule has 0 aromatic heterocycles. The molecule has 5 heteroatoms. The summed E-state index contributed by atoms with van der Waals surface area (Å²) >= 11 is 6.13. The minimum absolute atomic E-state index is 0.261. The van der Waals surface area contributed by atoms with Gasteiger partial charge in [-0.25, -0.2) is 0 Å². The molecule has 4 nitrogen and oxygen atoms in total. The molecule has 0 saturated heterocycles. The van der Waals surface area contributed by atoms with E-state index in [1.807, 2.05) is 30.3 Å². The van der Waals surface area contributed by atoms with E-state index in [1.165, 1.54) is 0 Å². The molecular formula is C16H17ClN2O2. The van der Waals surface area contributed by atoms with Crippen LogP contribution in [0.1, 0.15) is 17.2 Å². The second-order valence-corrected chi connectivity index (χ2v) is 4.93. The Hall–Kier alpha value is -2.04. The predicted molar refractivity (Wildman–Crippen MR) is 83.2 cm³/mol. The number of benzene rings is 2. The first-order valence-corrected chi connectivity index (χ1v) is 6.91. The third kappa shape index (κ3) is 3.74. The van der Waals surface area contributed by atoms with Gasteiger partial charge in [0.05, 0.1) is 7.11 Å². The van der Waals surface area contributed by atoms with Gasteiger partial charge in [0.1, 0.15) is 11.8 Å². The van der Waals surface area contributed by atoms with E-state index in [1.54, 1.807) is 25.3 Å². The molecule has 110 valence electrons. The standard InChI is InChI=1S/C16H17ClN2O2/c1-21-14-9-5-8-13(17)12(14)10-19-16(20)15(18)11-6-3-2-4-7-11/h2-9,15H,10,18H2,1H3,(H,19,20). The van der Waals surface area contributed by atoms with Crippen LogP contribution in [0.15, 0.2) is 48.5 Å². The van der Waals surface area contributed by atoms with Gasteiger partial charge in [-0.2, -0.15) is 0 Å². The predicted octanol–water partition coefficient (Wildman–Crippen LogP) is 2.66. The molecule has 2 aromatic rings. The van der Waals surface area contributed by atoms with Gasteiger partial charge in [-0.1, -0.05) is 48.0 Å². The van der Waals surface area contributed by atoms with Crippen LogP contribution in [0.4, 0.5) is 0 Å². The normalized spacial score (nSPS) is 11.8. The van der Waals surface area contributed by atoms with Crippen LogP contribution in [0.25, 0.3) is 0 Å². The Labute approximate surface area is 128 Å². The third-order valence-electron chi connectivity index (χ3n) is 3.18. The maximum absolute atomic E-state index is 12.1. The van der Waals surface area contributed by atoms with Crippen LogP contribution in [-0.2, 0) is 11.3 Å². The minimum atomic E-state index is -0.709. The van der Waals surface area contributed by atoms with Gasteiger partial charge in [0, 0.05) is 17.1 Å². The summed E-state index contributed by atoms with van der Waals surface area (Å²) in [5.74, 6) is 0.374. The van der Waals surface area contributed by atoms with Gasteiger partial charge in [-0.05, 0) is 17.7 Å². The van der Waals surface area contributed by atoms with E-state index in [2.05, 4.69) is 5.32 Å². The average molecular weight is 305 g/mol. The monoisotopic (exact) mass is 304 g/mol. The Bertz CT molecular complexity index is 617. The second kappa shape index (κ2) is 7.11. The van der Waals surface area contributed by atoms with Crippen LogP contribution in [0, 0.1) is 0 Å². The van der Waals surface area contributed by atoms with Crippen molar-refractivity contribution >= 4 is 17.5 Å². The van der Waals surface area contributed by atoms with E-state index >= 15 is 0 Å². The number of methoxy groups -OCH3 is 1. The quantitative estimate of drug-likeness (QED) is 0.892. The van der Waals surface area contributed by atoms with E-state index in [0.29, 0.717) is 10.8 Å². The molecule has 1 unspecified atom stereocenters. The molecule has 3 N–H and O–H groups in total. The number of nitrogens with one attached hydrogen (secondary N) is 1. The maximum Gasteiger partial charge on any atom is 0.241 e. The van der Waals surface area contributed by atoms with Crippen LogP contribution in [-0.4, -0.2) is 13.0 Å². The van der Waals surface area contributed by atoms with Crippen LogP contribution < -0.4 is 15.8 Å². The van der Waals surface area contributed by atoms with Crippen molar-refractivity contribution in [2.24, 2.45) is 5.73 Å². The fourth-order valence-electron chi connectivity index (χ4n) is 2.00. The van der Waals surface area contributed by atoms with Crippen LogP contribution in [0.5, 0.6) is 5.75 Å². The van der Waals surface area contributed by atoms with Crippen molar-refractivity contribution in [3.05, 3.63) is 64.7 Å². The van der Waals surface area contributed by atoms with Crippen molar-refractivity contribution in [3.8, 4) is 5.75 Å². The number of carbonyl (C=O) groups excluding carboxylic acids is 1. The van der Waals surface area contributed by atoms with Crippen molar-refractivity contribution in [1.82, 2.24) is 5.32 Å². The topological polar surface area (TPSA) is 64.3 Å². The lowest BCUT2D eigenvalue weighted by Crippen LogP contribution is -2.33. The highest BCUT2D eigenvalue weighted by atomic mass is 35.5. The molecule has 0 aliphatic rings. The third-order valence-corrected chi connectivity index (χ3v) is 3.53. The molecule has 0 aliphatic carbocycles. The van der Waals surface area contributed by atoms with Crippen LogP contribution in [0.3, 0.4) is 0 Å². The first kappa shape index (κ1) is 15.4. The number of amides is 1. The summed E-state index contributed by atoms with van der Waals surface area (Å²) in [5, 5.41) is 3.33. The fraction of sp³-hybridized carbons (Fsp3) is 0.188. The SMILES string of the molecule is COc1cccc(Cl)c1CNC(=O)C(N)c1ccccc1. The van der Waals surface area contributed by atoms with Gasteiger partial charge in [0.15, 0.2) is 0 Å². The van der Waals surface area contributed by atoms with E-state index in [0.717, 1.165) is 11.1 Å². The zero-order valence-corrected chi connectivity index (χ0v) is 12.4. The number of ether oxygens (including phenoxy) is 1. The van der Waals surface area contributed by atoms with Crippen molar-refractivity contribution < 1.29 is 9.53 Å². The first-order chi connectivity index (χ1) is 10.1. The lowest BCUT2D eigenvalue weighted by molar-refractivity contribution is -0.122. The van der Waals surface area contributed by atoms with Gasteiger partial charge in [0.2, 0.25) is 5.91 Å². The second-order valence-electron chi connectivity index (χ2n) is 4.53. The molecule has 0 saturated carbocycles. The van der Waals surface area contributed by atoms with E-state index < -0.39 is 6.04 Å². The number of hydrogen-bond donors (Lipinski definition) is 2. The van der Waals surface area contributed by atoms with Gasteiger partial charge in [-0.3, -0.25) is 4.79 Å². The van der Waals surface area contributed by atoms with Gasteiger partial charge >= 0.3 is 0 Å². The van der Waals surface area contributed by atoms with Crippen molar-refractivity contribution in [1.29, 1.82) is 0 Å². The molecule has 0 radical (unpaired) electrons. The van der Waals surface area contributed by atoms with E-state index in [9.17, 15) is 4.79 Å². The van der Waals surface area contributed by atoms with Crippen LogP contribution >= 0.6 is 11.6 Å². The van der Waals surface area contributed by atoms with Crippen molar-refractivity contribution in [2.75, 3.05) is 7.11 Å². The summed E-state index contributed by atoms with van der Waals surface area (Å²) in [6, 6.07) is 13.8. The van der Waals surface area contributed by atoms with E-state index in [4.69, 9.17) is 22.1 Å². The molecule has 0 aliphatic heterocycles. The lowest BCUT2D eigenvalue weighted by atomic mass is 10.1. The zero-order chi connectivity index (χ0) is 15.2. The lowest BCUT2D eigenvalue weighted by Gasteiger charge is -2.15. The summed E-state index contributed by atoms with van der Waals surface area (Å²) in [4.78, 5) is 12.1. The number of halogens is 1. The summed E-state index contributed by atoms with van der Waals surface area (Å²) in [6.45, 7) is 0.266. The Balaban J connectivity index is 2.05. The van der Waals surface area contributed by atoms with Gasteiger partial charge in [0.25, 0.3) is 0 Å². The summed E-state index contributed by atoms with van der Waals surface area (Å²) in [5.41, 5.74) is 7.43. The van der Waals surface area contributed by atoms with Crippen molar-refractivity contribution in [3.63, 3.8) is 0 Å². The summed E-state index contributed by atoms with van der Waals surface area (Å²) < 4.78 is 5.24. The molecule has 0 heterocycles. The Morgan fingerprint density at radius 3 is 2.62 bits per heavy atom. The summed E-state index contributed by atoms with van der Waals surface area (Å²) in [6.07, 6.45) is 0. The molecule has 0 fully saturated rings. The largest absolute Gasteiger partial charge is 0.496 e. The molecule has 1 atom stereocenters. The van der Waals surface area contributed by atoms with E-state index in [-0.39, 0.29) is 12.5 Å². The molecular weight excluding hydrogens is 288 g/mol. The van der Waals surface area contributed by atoms with Crippen LogP contribution in [0.2, 0.25) is 5.02 Å². The molecule has 2 rings (SSSR count). The molecule has 0 bridgehead atoms. The smallest absolute Gasteiger partial charge is 0.241 e. The number of rotatable bonds is 5. The highest BCUT2D eigenvalue weighted by Gasteiger charge is 2.16. The summed E-state index contributed by atoms with van der Waals surface area (Å²) in [7, 11) is 1.56. The fourth-order valence-corrected chi connectivity index (χ4v) is 2.23. The van der Waals surface area contributed by atoms with Gasteiger partial charge in [-0.15, -0.1) is 0 Å². The molecule has 1 amide bonds. The minimum Gasteiger partial charge on any atom is -0.496 e. The van der Waals surface area contributed by atoms with Crippen molar-refractivity contribution in [2.45, 2.75) is 12.6 Å². The Morgan fingerprint density at radius 1 is 1.24 bits per heavy atom. The Morgan fingerprint density at radius 2 is 1.95 bits per heavy atom. The highest BCUT2D eigenvalue weighted by Crippen LogP contribution is 2.26. The molecule has 21 heavy (non-hydrogen) atoms. The number of carbonyl (C=O) groups is 1. The number of nitrogens with two attached hydrogens (primary N) is 1. The highest BCUT2D eigenvalue weighted by molar-refractivity contribution is 6.31. The number of hydrogen-bond acceptors (Lipinski definition) is 3.